The lowest BCUT2D eigenvalue weighted by molar-refractivity contribution is 0.0912. The van der Waals surface area contributed by atoms with E-state index in [0.717, 1.165) is 32.2 Å². The van der Waals surface area contributed by atoms with Crippen LogP contribution in [0.4, 0.5) is 0 Å². The Morgan fingerprint density at radius 2 is 2.15 bits per heavy atom. The van der Waals surface area contributed by atoms with Crippen molar-refractivity contribution in [3.63, 3.8) is 0 Å². The molecular weight excluding hydrogens is 276 g/mol. The molecule has 0 saturated carbocycles. The fourth-order valence-electron chi connectivity index (χ4n) is 2.42. The van der Waals surface area contributed by atoms with Gasteiger partial charge in [-0.2, -0.15) is 0 Å². The highest BCUT2D eigenvalue weighted by Crippen LogP contribution is 2.13. The van der Waals surface area contributed by atoms with Gasteiger partial charge in [-0.25, -0.2) is 8.42 Å². The Morgan fingerprint density at radius 3 is 2.80 bits per heavy atom. The summed E-state index contributed by atoms with van der Waals surface area (Å²) in [5.41, 5.74) is 0.390. The molecule has 6 heteroatoms. The number of piperidine rings is 1. The predicted octanol–water partition coefficient (Wildman–Crippen LogP) is 0.914. The van der Waals surface area contributed by atoms with E-state index in [9.17, 15) is 13.2 Å². The lowest BCUT2D eigenvalue weighted by Crippen LogP contribution is -2.46. The van der Waals surface area contributed by atoms with E-state index in [-0.39, 0.29) is 16.8 Å². The summed E-state index contributed by atoms with van der Waals surface area (Å²) < 4.78 is 23.0. The molecule has 1 N–H and O–H groups in total. The lowest BCUT2D eigenvalue weighted by atomic mass is 10.1. The van der Waals surface area contributed by atoms with Gasteiger partial charge in [-0.05, 0) is 44.6 Å². The zero-order valence-corrected chi connectivity index (χ0v) is 12.6. The van der Waals surface area contributed by atoms with Crippen LogP contribution in [-0.2, 0) is 9.84 Å². The van der Waals surface area contributed by atoms with Gasteiger partial charge in [-0.1, -0.05) is 6.07 Å². The number of hydrogen-bond acceptors (Lipinski definition) is 4. The van der Waals surface area contributed by atoms with E-state index in [2.05, 4.69) is 10.2 Å². The maximum Gasteiger partial charge on any atom is 0.251 e. The van der Waals surface area contributed by atoms with Crippen molar-refractivity contribution in [2.24, 2.45) is 0 Å². The Bertz CT molecular complexity index is 598. The SMILES string of the molecule is CN1CCCC(NC(=O)c2cccc(S(C)(=O)=O)c2)C1. The van der Waals surface area contributed by atoms with Crippen LogP contribution in [0.25, 0.3) is 0 Å². The molecular formula is C14H20N2O3S. The van der Waals surface area contributed by atoms with Crippen LogP contribution in [0.15, 0.2) is 29.2 Å². The van der Waals surface area contributed by atoms with Crippen molar-refractivity contribution in [2.75, 3.05) is 26.4 Å². The molecule has 0 aliphatic carbocycles. The molecule has 0 radical (unpaired) electrons. The molecule has 5 nitrogen and oxygen atoms in total. The third-order valence-electron chi connectivity index (χ3n) is 3.48. The van der Waals surface area contributed by atoms with E-state index in [1.54, 1.807) is 12.1 Å². The first-order chi connectivity index (χ1) is 9.36. The normalized spacial score (nSPS) is 20.6. The van der Waals surface area contributed by atoms with Gasteiger partial charge in [-0.3, -0.25) is 4.79 Å². The topological polar surface area (TPSA) is 66.5 Å². The fourth-order valence-corrected chi connectivity index (χ4v) is 3.09. The summed E-state index contributed by atoms with van der Waals surface area (Å²) in [6, 6.07) is 6.29. The number of nitrogens with zero attached hydrogens (tertiary/aromatic N) is 1. The molecule has 1 aromatic carbocycles. The maximum absolute atomic E-state index is 12.2. The maximum atomic E-state index is 12.2. The minimum Gasteiger partial charge on any atom is -0.348 e. The van der Waals surface area contributed by atoms with Gasteiger partial charge in [0, 0.05) is 24.4 Å². The van der Waals surface area contributed by atoms with Crippen molar-refractivity contribution < 1.29 is 13.2 Å². The molecule has 1 aromatic rings. The van der Waals surface area contributed by atoms with Gasteiger partial charge in [0.05, 0.1) is 4.90 Å². The van der Waals surface area contributed by atoms with E-state index in [4.69, 9.17) is 0 Å². The number of nitrogens with one attached hydrogen (secondary N) is 1. The number of likely N-dealkylation sites (N-methyl/N-ethyl adjacent to an activating group) is 1. The van der Waals surface area contributed by atoms with E-state index in [1.165, 1.54) is 12.1 Å². The summed E-state index contributed by atoms with van der Waals surface area (Å²) in [6.07, 6.45) is 3.16. The molecule has 0 aromatic heterocycles. The summed E-state index contributed by atoms with van der Waals surface area (Å²) in [6.45, 7) is 1.88. The number of likely N-dealkylation sites (tertiary alicyclic amines) is 1. The predicted molar refractivity (Wildman–Crippen MR) is 77.5 cm³/mol. The van der Waals surface area contributed by atoms with Gasteiger partial charge in [0.25, 0.3) is 5.91 Å². The zero-order chi connectivity index (χ0) is 14.8. The molecule has 1 heterocycles. The Balaban J connectivity index is 2.09. The summed E-state index contributed by atoms with van der Waals surface area (Å²) in [5.74, 6) is -0.212. The molecule has 2 rings (SSSR count). The average Bonchev–Trinajstić information content (AvgIpc) is 2.38. The van der Waals surface area contributed by atoms with Gasteiger partial charge in [0.2, 0.25) is 0 Å². The number of rotatable bonds is 3. The molecule has 1 saturated heterocycles. The summed E-state index contributed by atoms with van der Waals surface area (Å²) in [5, 5.41) is 2.97. The zero-order valence-electron chi connectivity index (χ0n) is 11.8. The van der Waals surface area contributed by atoms with Crippen LogP contribution in [0, 0.1) is 0 Å². The third-order valence-corrected chi connectivity index (χ3v) is 4.59. The van der Waals surface area contributed by atoms with Gasteiger partial charge in [0.15, 0.2) is 9.84 Å². The van der Waals surface area contributed by atoms with Crippen LogP contribution in [0.3, 0.4) is 0 Å². The van der Waals surface area contributed by atoms with Crippen LogP contribution in [0.1, 0.15) is 23.2 Å². The molecule has 20 heavy (non-hydrogen) atoms. The van der Waals surface area contributed by atoms with Gasteiger partial charge < -0.3 is 10.2 Å². The van der Waals surface area contributed by atoms with E-state index in [0.29, 0.717) is 5.56 Å². The molecule has 0 spiro atoms. The smallest absolute Gasteiger partial charge is 0.251 e. The fraction of sp³-hybridized carbons (Fsp3) is 0.500. The lowest BCUT2D eigenvalue weighted by Gasteiger charge is -2.30. The van der Waals surface area contributed by atoms with Gasteiger partial charge in [0.1, 0.15) is 0 Å². The molecule has 1 aliphatic heterocycles. The third kappa shape index (κ3) is 3.80. The standard InChI is InChI=1S/C14H20N2O3S/c1-16-8-4-6-12(10-16)15-14(17)11-5-3-7-13(9-11)20(2,18)19/h3,5,7,9,12H,4,6,8,10H2,1-2H3,(H,15,17). The molecule has 1 atom stereocenters. The second-order valence-corrected chi connectivity index (χ2v) is 7.39. The van der Waals surface area contributed by atoms with Crippen molar-refractivity contribution in [1.82, 2.24) is 10.2 Å². The Hall–Kier alpha value is -1.40. The highest BCUT2D eigenvalue weighted by atomic mass is 32.2. The van der Waals surface area contributed by atoms with Crippen LogP contribution in [0.5, 0.6) is 0 Å². The number of hydrogen-bond donors (Lipinski definition) is 1. The first kappa shape index (κ1) is 15.0. The Kier molecular flexibility index (Phi) is 4.45. The quantitative estimate of drug-likeness (QED) is 0.900. The number of carbonyl (C=O) groups excluding carboxylic acids is 1. The number of amides is 1. The van der Waals surface area contributed by atoms with Crippen molar-refractivity contribution in [3.05, 3.63) is 29.8 Å². The monoisotopic (exact) mass is 296 g/mol. The second kappa shape index (κ2) is 5.93. The van der Waals surface area contributed by atoms with Crippen molar-refractivity contribution in [3.8, 4) is 0 Å². The Morgan fingerprint density at radius 1 is 1.40 bits per heavy atom. The largest absolute Gasteiger partial charge is 0.348 e. The summed E-state index contributed by atoms with van der Waals surface area (Å²) >= 11 is 0. The average molecular weight is 296 g/mol. The molecule has 110 valence electrons. The number of carbonyl (C=O) groups is 1. The van der Waals surface area contributed by atoms with Gasteiger partial charge >= 0.3 is 0 Å². The molecule has 1 aliphatic rings. The summed E-state index contributed by atoms with van der Waals surface area (Å²) in [4.78, 5) is 14.5. The van der Waals surface area contributed by atoms with Crippen LogP contribution in [0.2, 0.25) is 0 Å². The molecule has 0 bridgehead atoms. The first-order valence-electron chi connectivity index (χ1n) is 6.66. The van der Waals surface area contributed by atoms with Crippen LogP contribution < -0.4 is 5.32 Å². The van der Waals surface area contributed by atoms with E-state index < -0.39 is 9.84 Å². The molecule has 1 fully saturated rings. The minimum absolute atomic E-state index is 0.128. The van der Waals surface area contributed by atoms with Gasteiger partial charge in [-0.15, -0.1) is 0 Å². The highest BCUT2D eigenvalue weighted by Gasteiger charge is 2.20. The Labute approximate surface area is 119 Å². The number of benzene rings is 1. The van der Waals surface area contributed by atoms with Crippen LogP contribution >= 0.6 is 0 Å². The van der Waals surface area contributed by atoms with E-state index >= 15 is 0 Å². The molecule has 1 amide bonds. The highest BCUT2D eigenvalue weighted by molar-refractivity contribution is 7.90. The first-order valence-corrected chi connectivity index (χ1v) is 8.55. The minimum atomic E-state index is -3.29. The van der Waals surface area contributed by atoms with Crippen molar-refractivity contribution in [1.29, 1.82) is 0 Å². The number of sulfone groups is 1. The molecule has 1 unspecified atom stereocenters. The van der Waals surface area contributed by atoms with Crippen LogP contribution in [-0.4, -0.2) is 51.7 Å². The second-order valence-electron chi connectivity index (χ2n) is 5.37. The van der Waals surface area contributed by atoms with Crippen molar-refractivity contribution >= 4 is 15.7 Å². The van der Waals surface area contributed by atoms with E-state index in [1.807, 2.05) is 7.05 Å². The van der Waals surface area contributed by atoms with Crippen molar-refractivity contribution in [2.45, 2.75) is 23.8 Å². The summed E-state index contributed by atoms with van der Waals surface area (Å²) in [7, 11) is -1.26.